The number of nitrogens with zero attached hydrogens (tertiary/aromatic N) is 2. The molecule has 104 valence electrons. The van der Waals surface area contributed by atoms with Crippen molar-refractivity contribution in [1.82, 2.24) is 10.1 Å². The van der Waals surface area contributed by atoms with E-state index in [1.807, 2.05) is 0 Å². The van der Waals surface area contributed by atoms with Gasteiger partial charge in [-0.15, -0.1) is 0 Å². The molecule has 1 aromatic heterocycles. The molecule has 0 amide bonds. The van der Waals surface area contributed by atoms with Gasteiger partial charge in [-0.25, -0.2) is 0 Å². The highest BCUT2D eigenvalue weighted by molar-refractivity contribution is 5.07. The van der Waals surface area contributed by atoms with Gasteiger partial charge >= 0.3 is 0 Å². The van der Waals surface area contributed by atoms with E-state index >= 15 is 0 Å². The maximum absolute atomic E-state index is 5.54. The summed E-state index contributed by atoms with van der Waals surface area (Å²) in [5.74, 6) is 1.64. The molecule has 1 heterocycles. The van der Waals surface area contributed by atoms with E-state index in [0.29, 0.717) is 0 Å². The van der Waals surface area contributed by atoms with Crippen molar-refractivity contribution in [3.8, 4) is 0 Å². The second kappa shape index (κ2) is 5.85. The molecule has 0 aromatic carbocycles. The molecule has 1 atom stereocenters. The van der Waals surface area contributed by atoms with Crippen molar-refractivity contribution in [3.05, 3.63) is 11.7 Å². The third-order valence-electron chi connectivity index (χ3n) is 3.50. The topological polar surface area (TPSA) is 38.9 Å². The number of hydrogen-bond donors (Lipinski definition) is 0. The first-order chi connectivity index (χ1) is 8.33. The van der Waals surface area contributed by atoms with E-state index in [1.165, 1.54) is 12.8 Å². The zero-order valence-electron chi connectivity index (χ0n) is 12.8. The van der Waals surface area contributed by atoms with Gasteiger partial charge in [0.05, 0.1) is 0 Å². The molecule has 0 saturated heterocycles. The Hall–Kier alpha value is -0.860. The maximum atomic E-state index is 5.54. The Balaban J connectivity index is 2.95. The summed E-state index contributed by atoms with van der Waals surface area (Å²) in [6, 6.07) is 0. The van der Waals surface area contributed by atoms with Crippen LogP contribution in [0.5, 0.6) is 0 Å². The van der Waals surface area contributed by atoms with E-state index in [2.05, 4.69) is 51.7 Å². The van der Waals surface area contributed by atoms with Gasteiger partial charge in [0, 0.05) is 10.8 Å². The minimum atomic E-state index is -0.0420. The molecule has 3 heteroatoms. The molecule has 1 rings (SSSR count). The first kappa shape index (κ1) is 15.2. The first-order valence-electron chi connectivity index (χ1n) is 7.18. The lowest BCUT2D eigenvalue weighted by molar-refractivity contribution is 0.258. The van der Waals surface area contributed by atoms with Gasteiger partial charge in [0.2, 0.25) is 5.89 Å². The number of aromatic nitrogens is 2. The summed E-state index contributed by atoms with van der Waals surface area (Å²) in [6.07, 6.45) is 5.80. The van der Waals surface area contributed by atoms with Crippen LogP contribution in [0.25, 0.3) is 0 Å². The van der Waals surface area contributed by atoms with Crippen LogP contribution in [0.2, 0.25) is 0 Å². The van der Waals surface area contributed by atoms with E-state index in [4.69, 9.17) is 4.52 Å². The SMILES string of the molecule is CCCCC(C)(CCC)c1nc(C(C)(C)C)no1. The summed E-state index contributed by atoms with van der Waals surface area (Å²) in [5.41, 5.74) is 0.000884. The fourth-order valence-electron chi connectivity index (χ4n) is 2.23. The molecule has 0 N–H and O–H groups in total. The molecule has 1 aromatic rings. The van der Waals surface area contributed by atoms with Crippen molar-refractivity contribution in [2.45, 2.75) is 84.5 Å². The van der Waals surface area contributed by atoms with Gasteiger partial charge in [0.15, 0.2) is 5.82 Å². The second-order valence-electron chi connectivity index (χ2n) is 6.59. The van der Waals surface area contributed by atoms with Crippen LogP contribution in [-0.2, 0) is 10.8 Å². The van der Waals surface area contributed by atoms with Crippen molar-refractivity contribution in [1.29, 1.82) is 0 Å². The van der Waals surface area contributed by atoms with E-state index in [-0.39, 0.29) is 10.8 Å². The summed E-state index contributed by atoms with van der Waals surface area (Å²) >= 11 is 0. The summed E-state index contributed by atoms with van der Waals surface area (Å²) in [4.78, 5) is 4.65. The Morgan fingerprint density at radius 2 is 1.67 bits per heavy atom. The molecular formula is C15H28N2O. The van der Waals surface area contributed by atoms with Crippen molar-refractivity contribution in [2.75, 3.05) is 0 Å². The standard InChI is InChI=1S/C15H28N2O/c1-7-9-11-15(6,10-8-2)13-16-12(17-18-13)14(3,4)5/h7-11H2,1-6H3. The van der Waals surface area contributed by atoms with Crippen molar-refractivity contribution in [3.63, 3.8) is 0 Å². The second-order valence-corrected chi connectivity index (χ2v) is 6.59. The van der Waals surface area contributed by atoms with E-state index < -0.39 is 0 Å². The largest absolute Gasteiger partial charge is 0.339 e. The summed E-state index contributed by atoms with van der Waals surface area (Å²) in [6.45, 7) is 13.0. The van der Waals surface area contributed by atoms with Crippen LogP contribution in [-0.4, -0.2) is 10.1 Å². The van der Waals surface area contributed by atoms with Gasteiger partial charge in [-0.3, -0.25) is 0 Å². The Morgan fingerprint density at radius 3 is 2.11 bits per heavy atom. The van der Waals surface area contributed by atoms with Crippen LogP contribution in [0.3, 0.4) is 0 Å². The lowest BCUT2D eigenvalue weighted by Gasteiger charge is -2.24. The fourth-order valence-corrected chi connectivity index (χ4v) is 2.23. The molecule has 0 bridgehead atoms. The minimum Gasteiger partial charge on any atom is -0.339 e. The van der Waals surface area contributed by atoms with Crippen molar-refractivity contribution < 1.29 is 4.52 Å². The zero-order valence-corrected chi connectivity index (χ0v) is 12.8. The zero-order chi connectivity index (χ0) is 13.8. The smallest absolute Gasteiger partial charge is 0.232 e. The Kier molecular flexibility index (Phi) is 4.94. The van der Waals surface area contributed by atoms with Gasteiger partial charge < -0.3 is 4.52 Å². The van der Waals surface area contributed by atoms with Gasteiger partial charge in [0.25, 0.3) is 0 Å². The lowest BCUT2D eigenvalue weighted by Crippen LogP contribution is -2.23. The quantitative estimate of drug-likeness (QED) is 0.741. The molecule has 0 fully saturated rings. The van der Waals surface area contributed by atoms with E-state index in [0.717, 1.165) is 31.0 Å². The van der Waals surface area contributed by atoms with Crippen LogP contribution in [0.15, 0.2) is 4.52 Å². The molecule has 18 heavy (non-hydrogen) atoms. The maximum Gasteiger partial charge on any atom is 0.232 e. The monoisotopic (exact) mass is 252 g/mol. The van der Waals surface area contributed by atoms with Gasteiger partial charge in [0.1, 0.15) is 0 Å². The van der Waals surface area contributed by atoms with Gasteiger partial charge in [-0.1, -0.05) is 66.0 Å². The van der Waals surface area contributed by atoms with Gasteiger partial charge in [-0.05, 0) is 12.8 Å². The molecule has 1 unspecified atom stereocenters. The van der Waals surface area contributed by atoms with Crippen LogP contribution in [0.1, 0.15) is 85.4 Å². The van der Waals surface area contributed by atoms with Crippen LogP contribution in [0, 0.1) is 0 Å². The Morgan fingerprint density at radius 1 is 1.00 bits per heavy atom. The Bertz CT molecular complexity index is 365. The Labute approximate surface area is 111 Å². The molecule has 0 aliphatic carbocycles. The average molecular weight is 252 g/mol. The fraction of sp³-hybridized carbons (Fsp3) is 0.867. The third kappa shape index (κ3) is 3.56. The van der Waals surface area contributed by atoms with Crippen molar-refractivity contribution >= 4 is 0 Å². The van der Waals surface area contributed by atoms with E-state index in [9.17, 15) is 0 Å². The molecule has 3 nitrogen and oxygen atoms in total. The summed E-state index contributed by atoms with van der Waals surface area (Å²) < 4.78 is 5.54. The third-order valence-corrected chi connectivity index (χ3v) is 3.50. The van der Waals surface area contributed by atoms with Crippen LogP contribution in [0.4, 0.5) is 0 Å². The van der Waals surface area contributed by atoms with Crippen LogP contribution >= 0.6 is 0 Å². The number of unbranched alkanes of at least 4 members (excludes halogenated alkanes) is 1. The van der Waals surface area contributed by atoms with Gasteiger partial charge in [-0.2, -0.15) is 4.98 Å². The highest BCUT2D eigenvalue weighted by Gasteiger charge is 2.33. The summed E-state index contributed by atoms with van der Waals surface area (Å²) in [7, 11) is 0. The molecule has 0 spiro atoms. The average Bonchev–Trinajstić information content (AvgIpc) is 2.76. The van der Waals surface area contributed by atoms with Crippen molar-refractivity contribution in [2.24, 2.45) is 0 Å². The highest BCUT2D eigenvalue weighted by atomic mass is 16.5. The predicted molar refractivity (Wildman–Crippen MR) is 74.8 cm³/mol. The predicted octanol–water partition coefficient (Wildman–Crippen LogP) is 4.62. The first-order valence-corrected chi connectivity index (χ1v) is 7.18. The highest BCUT2D eigenvalue weighted by Crippen LogP contribution is 2.34. The normalized spacial score (nSPS) is 15.7. The molecular weight excluding hydrogens is 224 g/mol. The molecule has 0 aliphatic heterocycles. The molecule has 0 aliphatic rings. The van der Waals surface area contributed by atoms with E-state index in [1.54, 1.807) is 0 Å². The molecule has 0 radical (unpaired) electrons. The minimum absolute atomic E-state index is 0.0420. The summed E-state index contributed by atoms with van der Waals surface area (Å²) in [5, 5.41) is 4.16. The number of hydrogen-bond acceptors (Lipinski definition) is 3. The molecule has 0 saturated carbocycles. The number of rotatable bonds is 6. The lowest BCUT2D eigenvalue weighted by atomic mass is 9.80. The van der Waals surface area contributed by atoms with Crippen LogP contribution < -0.4 is 0 Å².